The molecule has 6 heteroatoms. The smallest absolute Gasteiger partial charge is 0.323 e. The number of Topliss-reactive ketones (excluding diaryl/α,β-unsaturated/α-hetero) is 1. The number of amides is 1. The Morgan fingerprint density at radius 3 is 2.38 bits per heavy atom. The van der Waals surface area contributed by atoms with Crippen molar-refractivity contribution in [2.45, 2.75) is 33.2 Å². The molecule has 6 nitrogen and oxygen atoms in total. The fraction of sp³-hybridized carbons (Fsp3) is 0.333. The summed E-state index contributed by atoms with van der Waals surface area (Å²) in [6, 6.07) is 6.52. The van der Waals surface area contributed by atoms with Gasteiger partial charge >= 0.3 is 5.97 Å². The maximum atomic E-state index is 12.9. The number of carbonyl (C=O) groups is 3. The van der Waals surface area contributed by atoms with Crippen LogP contribution in [-0.2, 0) is 4.79 Å². The lowest BCUT2D eigenvalue weighted by Gasteiger charge is -2.34. The minimum atomic E-state index is -1.07. The average molecular weight is 328 g/mol. The number of aromatic nitrogens is 1. The lowest BCUT2D eigenvalue weighted by molar-refractivity contribution is -0.138. The molecule has 0 saturated heterocycles. The molecule has 0 aliphatic carbocycles. The Morgan fingerprint density at radius 2 is 1.83 bits per heavy atom. The molecule has 2 aromatic rings. The molecule has 24 heavy (non-hydrogen) atoms. The predicted molar refractivity (Wildman–Crippen MR) is 90.2 cm³/mol. The largest absolute Gasteiger partial charge is 0.480 e. The summed E-state index contributed by atoms with van der Waals surface area (Å²) in [5.41, 5.74) is 0.756. The van der Waals surface area contributed by atoms with Gasteiger partial charge < -0.3 is 10.0 Å². The van der Waals surface area contributed by atoms with Crippen molar-refractivity contribution in [3.05, 3.63) is 41.6 Å². The van der Waals surface area contributed by atoms with E-state index in [9.17, 15) is 14.4 Å². The van der Waals surface area contributed by atoms with Crippen molar-refractivity contribution in [1.29, 1.82) is 0 Å². The number of ketones is 1. The fourth-order valence-corrected chi connectivity index (χ4v) is 2.45. The van der Waals surface area contributed by atoms with E-state index in [1.807, 2.05) is 0 Å². The first-order valence-corrected chi connectivity index (χ1v) is 7.54. The minimum absolute atomic E-state index is 0.0855. The average Bonchev–Trinajstić information content (AvgIpc) is 2.49. The van der Waals surface area contributed by atoms with E-state index in [0.29, 0.717) is 22.0 Å². The molecule has 0 fully saturated rings. The number of pyridine rings is 1. The first-order chi connectivity index (χ1) is 11.1. The van der Waals surface area contributed by atoms with Crippen LogP contribution in [0.15, 0.2) is 30.5 Å². The summed E-state index contributed by atoms with van der Waals surface area (Å²) in [6.45, 7) is 6.42. The van der Waals surface area contributed by atoms with E-state index in [-0.39, 0.29) is 11.7 Å². The number of carboxylic acid groups (broad SMARTS) is 1. The van der Waals surface area contributed by atoms with E-state index in [1.165, 1.54) is 18.0 Å². The molecule has 0 unspecified atom stereocenters. The summed E-state index contributed by atoms with van der Waals surface area (Å²) in [7, 11) is 0. The van der Waals surface area contributed by atoms with E-state index in [2.05, 4.69) is 4.98 Å². The normalized spacial score (nSPS) is 11.3. The van der Waals surface area contributed by atoms with Gasteiger partial charge in [0.1, 0.15) is 6.54 Å². The van der Waals surface area contributed by atoms with Gasteiger partial charge in [0, 0.05) is 22.7 Å². The van der Waals surface area contributed by atoms with Gasteiger partial charge in [-0.1, -0.05) is 12.1 Å². The third-order valence-corrected chi connectivity index (χ3v) is 3.73. The second-order valence-electron chi connectivity index (χ2n) is 6.60. The molecular weight excluding hydrogens is 308 g/mol. The Bertz CT molecular complexity index is 821. The van der Waals surface area contributed by atoms with Gasteiger partial charge in [-0.3, -0.25) is 19.4 Å². The number of aliphatic carboxylic acids is 1. The molecule has 0 spiro atoms. The molecule has 0 bridgehead atoms. The van der Waals surface area contributed by atoms with Crippen molar-refractivity contribution in [2.75, 3.05) is 6.54 Å². The molecule has 126 valence electrons. The van der Waals surface area contributed by atoms with Crippen molar-refractivity contribution >= 4 is 28.6 Å². The van der Waals surface area contributed by atoms with Gasteiger partial charge in [0.25, 0.3) is 5.91 Å². The molecule has 1 amide bonds. The van der Waals surface area contributed by atoms with E-state index in [1.54, 1.807) is 45.0 Å². The molecule has 1 heterocycles. The number of carboxylic acids is 1. The highest BCUT2D eigenvalue weighted by atomic mass is 16.4. The SMILES string of the molecule is CC(=O)c1ccc2c(C(=O)N(CC(=O)O)C(C)(C)C)ccnc2c1. The Kier molecular flexibility index (Phi) is 4.68. The van der Waals surface area contributed by atoms with Gasteiger partial charge in [0.15, 0.2) is 5.78 Å². The summed E-state index contributed by atoms with van der Waals surface area (Å²) in [6.07, 6.45) is 1.49. The third-order valence-electron chi connectivity index (χ3n) is 3.73. The number of fused-ring (bicyclic) bond motifs is 1. The monoisotopic (exact) mass is 328 g/mol. The number of benzene rings is 1. The summed E-state index contributed by atoms with van der Waals surface area (Å²) in [5, 5.41) is 9.70. The highest BCUT2D eigenvalue weighted by molar-refractivity contribution is 6.08. The van der Waals surface area contributed by atoms with Crippen molar-refractivity contribution in [3.63, 3.8) is 0 Å². The molecule has 0 radical (unpaired) electrons. The Labute approximate surface area is 140 Å². The summed E-state index contributed by atoms with van der Waals surface area (Å²) < 4.78 is 0. The molecule has 0 saturated carbocycles. The van der Waals surface area contributed by atoms with Crippen molar-refractivity contribution in [3.8, 4) is 0 Å². The number of carbonyl (C=O) groups excluding carboxylic acids is 2. The third kappa shape index (κ3) is 3.59. The van der Waals surface area contributed by atoms with Crippen LogP contribution in [0.5, 0.6) is 0 Å². The number of nitrogens with zero attached hydrogens (tertiary/aromatic N) is 2. The Morgan fingerprint density at radius 1 is 1.17 bits per heavy atom. The molecule has 0 atom stereocenters. The van der Waals surface area contributed by atoms with Crippen LogP contribution in [-0.4, -0.2) is 44.7 Å². The molecular formula is C18H20N2O4. The number of rotatable bonds is 4. The maximum absolute atomic E-state index is 12.9. The summed E-state index contributed by atoms with van der Waals surface area (Å²) in [5.74, 6) is -1.54. The molecule has 2 rings (SSSR count). The van der Waals surface area contributed by atoms with Crippen molar-refractivity contribution < 1.29 is 19.5 Å². The van der Waals surface area contributed by atoms with E-state index in [4.69, 9.17) is 5.11 Å². The fourth-order valence-electron chi connectivity index (χ4n) is 2.45. The van der Waals surface area contributed by atoms with Gasteiger partial charge in [-0.05, 0) is 39.8 Å². The van der Waals surface area contributed by atoms with Crippen LogP contribution < -0.4 is 0 Å². The number of hydrogen-bond acceptors (Lipinski definition) is 4. The standard InChI is InChI=1S/C18H20N2O4/c1-11(21)12-5-6-13-14(7-8-19-15(13)9-12)17(24)20(10-16(22)23)18(2,3)4/h5-9H,10H2,1-4H3,(H,22,23). The molecule has 1 aromatic heterocycles. The van der Waals surface area contributed by atoms with Crippen LogP contribution in [0.1, 0.15) is 48.4 Å². The minimum Gasteiger partial charge on any atom is -0.480 e. The quantitative estimate of drug-likeness (QED) is 0.872. The molecule has 0 aliphatic heterocycles. The second kappa shape index (κ2) is 6.39. The van der Waals surface area contributed by atoms with Crippen molar-refractivity contribution in [2.24, 2.45) is 0 Å². The van der Waals surface area contributed by atoms with E-state index < -0.39 is 18.1 Å². The lowest BCUT2D eigenvalue weighted by atomic mass is 10.0. The highest BCUT2D eigenvalue weighted by Gasteiger charge is 2.30. The van der Waals surface area contributed by atoms with Crippen LogP contribution in [0.25, 0.3) is 10.9 Å². The predicted octanol–water partition coefficient (Wildman–Crippen LogP) is 2.76. The zero-order valence-corrected chi connectivity index (χ0v) is 14.2. The zero-order valence-electron chi connectivity index (χ0n) is 14.2. The first kappa shape index (κ1) is 17.6. The topological polar surface area (TPSA) is 87.6 Å². The maximum Gasteiger partial charge on any atom is 0.323 e. The van der Waals surface area contributed by atoms with Gasteiger partial charge in [0.05, 0.1) is 11.1 Å². The molecule has 0 aliphatic rings. The molecule has 1 N–H and O–H groups in total. The lowest BCUT2D eigenvalue weighted by Crippen LogP contribution is -2.48. The van der Waals surface area contributed by atoms with Crippen molar-refractivity contribution in [1.82, 2.24) is 9.88 Å². The Hall–Kier alpha value is -2.76. The van der Waals surface area contributed by atoms with Crippen LogP contribution >= 0.6 is 0 Å². The molecule has 1 aromatic carbocycles. The van der Waals surface area contributed by atoms with Gasteiger partial charge in [0.2, 0.25) is 0 Å². The van der Waals surface area contributed by atoms with E-state index in [0.717, 1.165) is 0 Å². The number of hydrogen-bond donors (Lipinski definition) is 1. The van der Waals surface area contributed by atoms with Gasteiger partial charge in [-0.15, -0.1) is 0 Å². The zero-order chi connectivity index (χ0) is 18.1. The van der Waals surface area contributed by atoms with Gasteiger partial charge in [-0.2, -0.15) is 0 Å². The Balaban J connectivity index is 2.55. The first-order valence-electron chi connectivity index (χ1n) is 7.54. The second-order valence-corrected chi connectivity index (χ2v) is 6.60. The summed E-state index contributed by atoms with van der Waals surface area (Å²) >= 11 is 0. The van der Waals surface area contributed by atoms with Crippen LogP contribution in [0.2, 0.25) is 0 Å². The summed E-state index contributed by atoms with van der Waals surface area (Å²) in [4.78, 5) is 41.1. The van der Waals surface area contributed by atoms with Crippen LogP contribution in [0, 0.1) is 0 Å². The van der Waals surface area contributed by atoms with Crippen LogP contribution in [0.4, 0.5) is 0 Å². The van der Waals surface area contributed by atoms with Crippen LogP contribution in [0.3, 0.4) is 0 Å². The van der Waals surface area contributed by atoms with E-state index >= 15 is 0 Å². The highest BCUT2D eigenvalue weighted by Crippen LogP contribution is 2.23. The van der Waals surface area contributed by atoms with Gasteiger partial charge in [-0.25, -0.2) is 0 Å².